The number of benzene rings is 2. The van der Waals surface area contributed by atoms with Crippen molar-refractivity contribution in [2.24, 2.45) is 0 Å². The molecule has 3 rings (SSSR count). The lowest BCUT2D eigenvalue weighted by atomic mass is 10.1. The van der Waals surface area contributed by atoms with E-state index in [9.17, 15) is 9.59 Å². The van der Waals surface area contributed by atoms with E-state index in [0.29, 0.717) is 0 Å². The van der Waals surface area contributed by atoms with Crippen LogP contribution in [0.25, 0.3) is 0 Å². The average Bonchev–Trinajstić information content (AvgIpc) is 2.94. The predicted octanol–water partition coefficient (Wildman–Crippen LogP) is 4.93. The maximum absolute atomic E-state index is 11.5. The van der Waals surface area contributed by atoms with Gasteiger partial charge in [-0.2, -0.15) is 0 Å². The van der Waals surface area contributed by atoms with Crippen LogP contribution in [0.3, 0.4) is 0 Å². The molecule has 1 N–H and O–H groups in total. The van der Waals surface area contributed by atoms with Crippen LogP contribution in [-0.2, 0) is 11.2 Å². The van der Waals surface area contributed by atoms with Crippen LogP contribution in [0.2, 0.25) is 0 Å². The van der Waals surface area contributed by atoms with Crippen molar-refractivity contribution in [3.8, 4) is 11.5 Å². The number of amides is 2. The van der Waals surface area contributed by atoms with Crippen LogP contribution < -0.4 is 10.1 Å². The van der Waals surface area contributed by atoms with E-state index in [1.807, 2.05) is 42.5 Å². The Balaban J connectivity index is 1.36. The van der Waals surface area contributed by atoms with Gasteiger partial charge in [0.1, 0.15) is 11.5 Å². The summed E-state index contributed by atoms with van der Waals surface area (Å²) in [6, 6.07) is 17.9. The molecule has 1 fully saturated rings. The zero-order valence-electron chi connectivity index (χ0n) is 13.9. The molecule has 2 amide bonds. The van der Waals surface area contributed by atoms with Crippen LogP contribution in [0.4, 0.5) is 4.79 Å². The van der Waals surface area contributed by atoms with Crippen molar-refractivity contribution < 1.29 is 14.3 Å². The molecule has 0 bridgehead atoms. The van der Waals surface area contributed by atoms with Gasteiger partial charge in [-0.1, -0.05) is 54.9 Å². The molecule has 2 aromatic rings. The zero-order chi connectivity index (χ0) is 17.5. The highest BCUT2D eigenvalue weighted by Crippen LogP contribution is 2.25. The van der Waals surface area contributed by atoms with Crippen LogP contribution in [0, 0.1) is 0 Å². The highest BCUT2D eigenvalue weighted by atomic mass is 32.2. The molecule has 1 unspecified atom stereocenters. The van der Waals surface area contributed by atoms with E-state index in [2.05, 4.69) is 17.4 Å². The van der Waals surface area contributed by atoms with Gasteiger partial charge in [0.25, 0.3) is 5.24 Å². The highest BCUT2D eigenvalue weighted by molar-refractivity contribution is 8.15. The first-order valence-corrected chi connectivity index (χ1v) is 9.42. The molecule has 4 nitrogen and oxygen atoms in total. The summed E-state index contributed by atoms with van der Waals surface area (Å²) in [6.45, 7) is 0. The number of thioether (sulfide) groups is 1. The number of carbonyl (C=O) groups excluding carboxylic acids is 2. The minimum atomic E-state index is -0.215. The summed E-state index contributed by atoms with van der Waals surface area (Å²) in [5, 5.41) is 1.92. The molecule has 0 spiro atoms. The Morgan fingerprint density at radius 1 is 0.880 bits per heavy atom. The summed E-state index contributed by atoms with van der Waals surface area (Å²) in [5.41, 5.74) is 1.28. The van der Waals surface area contributed by atoms with Gasteiger partial charge < -0.3 is 4.74 Å². The Morgan fingerprint density at radius 2 is 1.60 bits per heavy atom. The lowest BCUT2D eigenvalue weighted by Gasteiger charge is -2.07. The number of unbranched alkanes of at least 4 members (excludes halogenated alkanes) is 2. The topological polar surface area (TPSA) is 55.4 Å². The average molecular weight is 355 g/mol. The third-order valence-corrected chi connectivity index (χ3v) is 5.15. The number of rotatable bonds is 8. The molecule has 1 aliphatic rings. The summed E-state index contributed by atoms with van der Waals surface area (Å²) in [5.74, 6) is 1.54. The summed E-state index contributed by atoms with van der Waals surface area (Å²) in [6.07, 6.45) is 4.88. The number of hydrogen-bond acceptors (Lipinski definition) is 4. The summed E-state index contributed by atoms with van der Waals surface area (Å²) in [4.78, 5) is 22.6. The molecule has 2 aromatic carbocycles. The maximum atomic E-state index is 11.5. The Kier molecular flexibility index (Phi) is 6.12. The molecule has 0 aromatic heterocycles. The van der Waals surface area contributed by atoms with Crippen LogP contribution >= 0.6 is 11.8 Å². The fourth-order valence-electron chi connectivity index (χ4n) is 2.77. The van der Waals surface area contributed by atoms with Crippen molar-refractivity contribution in [3.05, 3.63) is 60.2 Å². The number of hydrogen-bond donors (Lipinski definition) is 1. The third-order valence-electron chi connectivity index (χ3n) is 4.10. The number of para-hydroxylation sites is 1. The van der Waals surface area contributed by atoms with E-state index >= 15 is 0 Å². The Hall–Kier alpha value is -2.27. The zero-order valence-corrected chi connectivity index (χ0v) is 14.8. The molecule has 130 valence electrons. The van der Waals surface area contributed by atoms with E-state index in [1.165, 1.54) is 5.56 Å². The Bertz CT molecular complexity index is 715. The van der Waals surface area contributed by atoms with Gasteiger partial charge >= 0.3 is 0 Å². The van der Waals surface area contributed by atoms with Crippen molar-refractivity contribution in [3.63, 3.8) is 0 Å². The lowest BCUT2D eigenvalue weighted by Crippen LogP contribution is -2.24. The van der Waals surface area contributed by atoms with Crippen molar-refractivity contribution in [1.82, 2.24) is 5.32 Å². The first-order chi connectivity index (χ1) is 12.2. The molecule has 0 aliphatic carbocycles. The van der Waals surface area contributed by atoms with Gasteiger partial charge in [-0.15, -0.1) is 0 Å². The minimum absolute atomic E-state index is 0.135. The molecule has 25 heavy (non-hydrogen) atoms. The van der Waals surface area contributed by atoms with E-state index in [1.54, 1.807) is 0 Å². The van der Waals surface area contributed by atoms with E-state index in [4.69, 9.17) is 4.74 Å². The molecule has 5 heteroatoms. The Labute approximate surface area is 152 Å². The van der Waals surface area contributed by atoms with Crippen molar-refractivity contribution >= 4 is 22.9 Å². The normalized spacial score (nSPS) is 16.7. The molecule has 1 atom stereocenters. The number of imide groups is 1. The molecule has 1 saturated heterocycles. The second-order valence-corrected chi connectivity index (χ2v) is 7.22. The smallest absolute Gasteiger partial charge is 0.286 e. The Morgan fingerprint density at radius 3 is 2.28 bits per heavy atom. The maximum Gasteiger partial charge on any atom is 0.286 e. The van der Waals surface area contributed by atoms with Gasteiger partial charge in [0, 0.05) is 0 Å². The van der Waals surface area contributed by atoms with Crippen LogP contribution in [0.15, 0.2) is 54.6 Å². The predicted molar refractivity (Wildman–Crippen MR) is 100 cm³/mol. The molecule has 1 aliphatic heterocycles. The summed E-state index contributed by atoms with van der Waals surface area (Å²) >= 11 is 1.12. The van der Waals surface area contributed by atoms with E-state index < -0.39 is 0 Å². The van der Waals surface area contributed by atoms with Gasteiger partial charge in [0.05, 0.1) is 5.25 Å². The second-order valence-electron chi connectivity index (χ2n) is 6.04. The number of ether oxygens (including phenoxy) is 1. The van der Waals surface area contributed by atoms with Gasteiger partial charge in [-0.3, -0.25) is 14.9 Å². The lowest BCUT2D eigenvalue weighted by molar-refractivity contribution is -0.119. The largest absolute Gasteiger partial charge is 0.457 e. The molecule has 1 heterocycles. The van der Waals surface area contributed by atoms with Gasteiger partial charge in [0.2, 0.25) is 5.91 Å². The minimum Gasteiger partial charge on any atom is -0.457 e. The van der Waals surface area contributed by atoms with Gasteiger partial charge in [-0.25, -0.2) is 0 Å². The number of nitrogens with one attached hydrogen (secondary N) is 1. The fourth-order valence-corrected chi connectivity index (χ4v) is 3.64. The van der Waals surface area contributed by atoms with Crippen molar-refractivity contribution in [1.29, 1.82) is 0 Å². The first-order valence-electron chi connectivity index (χ1n) is 8.54. The quantitative estimate of drug-likeness (QED) is 0.682. The third kappa shape index (κ3) is 5.36. The van der Waals surface area contributed by atoms with E-state index in [-0.39, 0.29) is 16.4 Å². The highest BCUT2D eigenvalue weighted by Gasteiger charge is 2.30. The van der Waals surface area contributed by atoms with Crippen LogP contribution in [0.5, 0.6) is 11.5 Å². The van der Waals surface area contributed by atoms with Crippen molar-refractivity contribution in [2.45, 2.75) is 37.4 Å². The first kappa shape index (κ1) is 17.5. The number of aryl methyl sites for hydroxylation is 1. The summed E-state index contributed by atoms with van der Waals surface area (Å²) in [7, 11) is 0. The molecular formula is C20H21NO3S. The molecule has 0 radical (unpaired) electrons. The molecular weight excluding hydrogens is 334 g/mol. The fraction of sp³-hybridized carbons (Fsp3) is 0.300. The number of carbonyl (C=O) groups is 2. The van der Waals surface area contributed by atoms with Crippen molar-refractivity contribution in [2.75, 3.05) is 0 Å². The van der Waals surface area contributed by atoms with E-state index in [0.717, 1.165) is 55.4 Å². The molecule has 0 saturated carbocycles. The monoisotopic (exact) mass is 355 g/mol. The van der Waals surface area contributed by atoms with Gasteiger partial charge in [0.15, 0.2) is 0 Å². The SMILES string of the molecule is O=C1NC(=O)C(CCCCCc2ccc(Oc3ccccc3)cc2)S1. The summed E-state index contributed by atoms with van der Waals surface area (Å²) < 4.78 is 5.78. The second kappa shape index (κ2) is 8.72. The van der Waals surface area contributed by atoms with Crippen LogP contribution in [-0.4, -0.2) is 16.4 Å². The van der Waals surface area contributed by atoms with Crippen LogP contribution in [0.1, 0.15) is 31.2 Å². The standard InChI is InChI=1S/C20H21NO3S/c22-19-18(25-20(23)21-19)10-6-1-3-7-15-11-13-17(14-12-15)24-16-8-4-2-5-9-16/h2,4-5,8-9,11-14,18H,1,3,6-7,10H2,(H,21,22,23). The van der Waals surface area contributed by atoms with Gasteiger partial charge in [-0.05, 0) is 49.1 Å².